The van der Waals surface area contributed by atoms with Crippen LogP contribution < -0.4 is 5.32 Å². The van der Waals surface area contributed by atoms with Crippen molar-refractivity contribution < 1.29 is 0 Å². The first kappa shape index (κ1) is 14.2. The van der Waals surface area contributed by atoms with E-state index in [2.05, 4.69) is 12.2 Å². The molecule has 1 aromatic rings. The zero-order valence-corrected chi connectivity index (χ0v) is 12.4. The first-order valence-corrected chi connectivity index (χ1v) is 7.55. The van der Waals surface area contributed by atoms with Crippen LogP contribution in [0.3, 0.4) is 0 Å². The van der Waals surface area contributed by atoms with E-state index in [1.807, 2.05) is 18.2 Å². The summed E-state index contributed by atoms with van der Waals surface area (Å²) < 4.78 is 0. The van der Waals surface area contributed by atoms with Crippen LogP contribution in [0.4, 0.5) is 0 Å². The van der Waals surface area contributed by atoms with Gasteiger partial charge in [-0.25, -0.2) is 0 Å². The molecular weight excluding hydrogens is 265 g/mol. The van der Waals surface area contributed by atoms with Crippen molar-refractivity contribution >= 4 is 23.2 Å². The summed E-state index contributed by atoms with van der Waals surface area (Å²) in [6.45, 7) is 4.26. The highest BCUT2D eigenvalue weighted by Crippen LogP contribution is 2.28. The van der Waals surface area contributed by atoms with Crippen molar-refractivity contribution in [3.05, 3.63) is 33.8 Å². The Balaban J connectivity index is 1.76. The van der Waals surface area contributed by atoms with E-state index in [0.29, 0.717) is 0 Å². The summed E-state index contributed by atoms with van der Waals surface area (Å²) in [6, 6.07) is 5.64. The first-order valence-electron chi connectivity index (χ1n) is 6.80. The van der Waals surface area contributed by atoms with E-state index < -0.39 is 0 Å². The average molecular weight is 286 g/mol. The molecule has 0 aliphatic heterocycles. The second-order valence-corrected chi connectivity index (χ2v) is 6.34. The van der Waals surface area contributed by atoms with E-state index in [-0.39, 0.29) is 0 Å². The standard InChI is InChI=1S/C15H21Cl2N/c1-11-2-4-12(5-3-11)9-18-10-13-8-14(16)6-7-15(13)17/h6-8,11-12,18H,2-5,9-10H2,1H3. The molecule has 1 N–H and O–H groups in total. The van der Waals surface area contributed by atoms with Crippen molar-refractivity contribution in [2.45, 2.75) is 39.2 Å². The molecule has 2 rings (SSSR count). The Morgan fingerprint density at radius 3 is 2.61 bits per heavy atom. The van der Waals surface area contributed by atoms with Gasteiger partial charge < -0.3 is 5.32 Å². The van der Waals surface area contributed by atoms with Gasteiger partial charge in [0.15, 0.2) is 0 Å². The minimum absolute atomic E-state index is 0.752. The van der Waals surface area contributed by atoms with E-state index in [0.717, 1.165) is 40.5 Å². The maximum absolute atomic E-state index is 6.14. The molecule has 0 unspecified atom stereocenters. The van der Waals surface area contributed by atoms with Gasteiger partial charge in [-0.15, -0.1) is 0 Å². The van der Waals surface area contributed by atoms with Gasteiger partial charge in [0, 0.05) is 16.6 Å². The Morgan fingerprint density at radius 1 is 1.17 bits per heavy atom. The van der Waals surface area contributed by atoms with Crippen LogP contribution in [-0.2, 0) is 6.54 Å². The van der Waals surface area contributed by atoms with E-state index in [9.17, 15) is 0 Å². The van der Waals surface area contributed by atoms with Crippen molar-refractivity contribution in [3.63, 3.8) is 0 Å². The van der Waals surface area contributed by atoms with Gasteiger partial charge in [0.1, 0.15) is 0 Å². The zero-order chi connectivity index (χ0) is 13.0. The molecule has 1 aliphatic carbocycles. The smallest absolute Gasteiger partial charge is 0.0451 e. The summed E-state index contributed by atoms with van der Waals surface area (Å²) in [6.07, 6.45) is 5.48. The predicted molar refractivity (Wildman–Crippen MR) is 79.3 cm³/mol. The van der Waals surface area contributed by atoms with Gasteiger partial charge in [-0.05, 0) is 55.0 Å². The molecule has 18 heavy (non-hydrogen) atoms. The molecule has 0 bridgehead atoms. The average Bonchev–Trinajstić information content (AvgIpc) is 2.36. The number of benzene rings is 1. The fourth-order valence-corrected chi connectivity index (χ4v) is 3.00. The molecule has 0 amide bonds. The van der Waals surface area contributed by atoms with Crippen LogP contribution in [0.25, 0.3) is 0 Å². The predicted octanol–water partition coefficient (Wildman–Crippen LogP) is 4.91. The lowest BCUT2D eigenvalue weighted by molar-refractivity contribution is 0.281. The molecule has 1 aliphatic rings. The van der Waals surface area contributed by atoms with Crippen molar-refractivity contribution in [2.24, 2.45) is 11.8 Å². The third kappa shape index (κ3) is 4.15. The third-order valence-electron chi connectivity index (χ3n) is 3.89. The Labute approximate surface area is 120 Å². The van der Waals surface area contributed by atoms with Gasteiger partial charge in [0.05, 0.1) is 0 Å². The Bertz CT molecular complexity index is 384. The van der Waals surface area contributed by atoms with Gasteiger partial charge in [-0.2, -0.15) is 0 Å². The molecule has 0 spiro atoms. The maximum Gasteiger partial charge on any atom is 0.0451 e. The number of hydrogen-bond acceptors (Lipinski definition) is 1. The summed E-state index contributed by atoms with van der Waals surface area (Å²) in [4.78, 5) is 0. The molecule has 1 fully saturated rings. The lowest BCUT2D eigenvalue weighted by Crippen LogP contribution is -2.25. The molecule has 3 heteroatoms. The topological polar surface area (TPSA) is 12.0 Å². The lowest BCUT2D eigenvalue weighted by Gasteiger charge is -2.26. The monoisotopic (exact) mass is 285 g/mol. The van der Waals surface area contributed by atoms with Crippen LogP contribution in [-0.4, -0.2) is 6.54 Å². The fraction of sp³-hybridized carbons (Fsp3) is 0.600. The molecule has 100 valence electrons. The van der Waals surface area contributed by atoms with Crippen LogP contribution in [0.15, 0.2) is 18.2 Å². The zero-order valence-electron chi connectivity index (χ0n) is 10.9. The number of hydrogen-bond donors (Lipinski definition) is 1. The summed E-state index contributed by atoms with van der Waals surface area (Å²) in [5.74, 6) is 1.75. The summed E-state index contributed by atoms with van der Waals surface area (Å²) in [7, 11) is 0. The minimum atomic E-state index is 0.752. The van der Waals surface area contributed by atoms with Crippen molar-refractivity contribution in [1.29, 1.82) is 0 Å². The SMILES string of the molecule is CC1CCC(CNCc2cc(Cl)ccc2Cl)CC1. The molecule has 0 aromatic heterocycles. The molecular formula is C15H21Cl2N. The van der Waals surface area contributed by atoms with Crippen LogP contribution in [0.2, 0.25) is 10.0 Å². The Morgan fingerprint density at radius 2 is 1.89 bits per heavy atom. The highest BCUT2D eigenvalue weighted by Gasteiger charge is 2.17. The van der Waals surface area contributed by atoms with Gasteiger partial charge >= 0.3 is 0 Å². The number of rotatable bonds is 4. The fourth-order valence-electron chi connectivity index (χ4n) is 2.62. The largest absolute Gasteiger partial charge is 0.312 e. The van der Waals surface area contributed by atoms with Crippen LogP contribution in [0.5, 0.6) is 0 Å². The lowest BCUT2D eigenvalue weighted by atomic mass is 9.83. The van der Waals surface area contributed by atoms with E-state index in [4.69, 9.17) is 23.2 Å². The normalized spacial score (nSPS) is 24.2. The molecule has 0 saturated heterocycles. The van der Waals surface area contributed by atoms with Gasteiger partial charge in [-0.3, -0.25) is 0 Å². The van der Waals surface area contributed by atoms with E-state index >= 15 is 0 Å². The van der Waals surface area contributed by atoms with Crippen molar-refractivity contribution in [3.8, 4) is 0 Å². The Hall–Kier alpha value is -0.240. The van der Waals surface area contributed by atoms with Crippen LogP contribution >= 0.6 is 23.2 Å². The quantitative estimate of drug-likeness (QED) is 0.829. The number of halogens is 2. The molecule has 0 heterocycles. The maximum atomic E-state index is 6.14. The second kappa shape index (κ2) is 6.79. The second-order valence-electron chi connectivity index (χ2n) is 5.49. The summed E-state index contributed by atoms with van der Waals surface area (Å²) >= 11 is 12.1. The summed E-state index contributed by atoms with van der Waals surface area (Å²) in [5, 5.41) is 5.06. The minimum Gasteiger partial charge on any atom is -0.312 e. The van der Waals surface area contributed by atoms with Crippen molar-refractivity contribution in [1.82, 2.24) is 5.32 Å². The third-order valence-corrected chi connectivity index (χ3v) is 4.50. The highest BCUT2D eigenvalue weighted by molar-refractivity contribution is 6.33. The molecule has 0 radical (unpaired) electrons. The summed E-state index contributed by atoms with van der Waals surface area (Å²) in [5.41, 5.74) is 1.09. The van der Waals surface area contributed by atoms with Crippen LogP contribution in [0.1, 0.15) is 38.2 Å². The molecule has 1 saturated carbocycles. The van der Waals surface area contributed by atoms with Crippen LogP contribution in [0, 0.1) is 11.8 Å². The van der Waals surface area contributed by atoms with Crippen molar-refractivity contribution in [2.75, 3.05) is 6.54 Å². The van der Waals surface area contributed by atoms with Gasteiger partial charge in [0.25, 0.3) is 0 Å². The van der Waals surface area contributed by atoms with Gasteiger partial charge in [-0.1, -0.05) is 43.0 Å². The van der Waals surface area contributed by atoms with Gasteiger partial charge in [0.2, 0.25) is 0 Å². The Kier molecular flexibility index (Phi) is 5.35. The molecule has 0 atom stereocenters. The molecule has 1 nitrogen and oxygen atoms in total. The first-order chi connectivity index (χ1) is 8.65. The van der Waals surface area contributed by atoms with E-state index in [1.165, 1.54) is 25.7 Å². The highest BCUT2D eigenvalue weighted by atomic mass is 35.5. The van der Waals surface area contributed by atoms with E-state index in [1.54, 1.807) is 0 Å². The number of nitrogens with one attached hydrogen (secondary N) is 1. The molecule has 1 aromatic carbocycles.